The summed E-state index contributed by atoms with van der Waals surface area (Å²) in [6.07, 6.45) is 0. The molecule has 0 radical (unpaired) electrons. The Labute approximate surface area is 108 Å². The van der Waals surface area contributed by atoms with Gasteiger partial charge in [0.05, 0.1) is 12.4 Å². The molecule has 0 saturated heterocycles. The Balaban J connectivity index is 2.54. The van der Waals surface area contributed by atoms with E-state index in [1.54, 1.807) is 6.92 Å². The first-order valence-electron chi connectivity index (χ1n) is 5.97. The zero-order valence-corrected chi connectivity index (χ0v) is 11.4. The Morgan fingerprint density at radius 1 is 1.22 bits per heavy atom. The van der Waals surface area contributed by atoms with Crippen molar-refractivity contribution in [2.75, 3.05) is 36.9 Å². The summed E-state index contributed by atoms with van der Waals surface area (Å²) in [5.41, 5.74) is 0.974. The second kappa shape index (κ2) is 7.35. The molecular weight excluding hydrogens is 252 g/mol. The first-order chi connectivity index (χ1) is 8.59. The van der Waals surface area contributed by atoms with E-state index in [-0.39, 0.29) is 12.4 Å². The zero-order valence-electron chi connectivity index (χ0n) is 10.5. The smallest absolute Gasteiger partial charge is 0.211 e. The van der Waals surface area contributed by atoms with Crippen molar-refractivity contribution in [1.29, 1.82) is 0 Å². The minimum absolute atomic E-state index is 0.0371. The normalized spacial score (nSPS) is 11.4. The SMILES string of the molecule is CCS(=O)(=O)NCCN(CCO)c1ccccc1. The predicted octanol–water partition coefficient (Wildman–Crippen LogP) is 0.425. The van der Waals surface area contributed by atoms with Gasteiger partial charge in [0.1, 0.15) is 0 Å². The number of hydrogen-bond acceptors (Lipinski definition) is 4. The van der Waals surface area contributed by atoms with Gasteiger partial charge in [0, 0.05) is 25.3 Å². The van der Waals surface area contributed by atoms with Gasteiger partial charge in [0.15, 0.2) is 0 Å². The van der Waals surface area contributed by atoms with Crippen LogP contribution in [0.1, 0.15) is 6.92 Å². The summed E-state index contributed by atoms with van der Waals surface area (Å²) in [5.74, 6) is 0.0817. The van der Waals surface area contributed by atoms with E-state index in [1.165, 1.54) is 0 Å². The number of hydrogen-bond donors (Lipinski definition) is 2. The minimum Gasteiger partial charge on any atom is -0.395 e. The quantitative estimate of drug-likeness (QED) is 0.720. The van der Waals surface area contributed by atoms with E-state index in [0.29, 0.717) is 19.6 Å². The van der Waals surface area contributed by atoms with Gasteiger partial charge in [0.25, 0.3) is 0 Å². The van der Waals surface area contributed by atoms with E-state index in [9.17, 15) is 8.42 Å². The van der Waals surface area contributed by atoms with Gasteiger partial charge in [-0.3, -0.25) is 0 Å². The Hall–Kier alpha value is -1.11. The van der Waals surface area contributed by atoms with Crippen molar-refractivity contribution in [2.45, 2.75) is 6.92 Å². The van der Waals surface area contributed by atoms with E-state index in [4.69, 9.17) is 5.11 Å². The minimum atomic E-state index is -3.15. The van der Waals surface area contributed by atoms with Gasteiger partial charge in [-0.25, -0.2) is 13.1 Å². The number of rotatable bonds is 8. The molecule has 0 aliphatic heterocycles. The molecule has 0 amide bonds. The molecule has 1 rings (SSSR count). The summed E-state index contributed by atoms with van der Waals surface area (Å²) in [4.78, 5) is 1.94. The van der Waals surface area contributed by atoms with Crippen LogP contribution in [0.2, 0.25) is 0 Å². The second-order valence-electron chi connectivity index (χ2n) is 3.84. The monoisotopic (exact) mass is 272 g/mol. The zero-order chi connectivity index (χ0) is 13.4. The van der Waals surface area contributed by atoms with Crippen LogP contribution in [0.4, 0.5) is 5.69 Å². The van der Waals surface area contributed by atoms with Crippen LogP contribution >= 0.6 is 0 Å². The lowest BCUT2D eigenvalue weighted by Crippen LogP contribution is -2.37. The van der Waals surface area contributed by atoms with Gasteiger partial charge in [-0.1, -0.05) is 18.2 Å². The molecule has 0 aromatic heterocycles. The molecule has 0 aliphatic rings. The van der Waals surface area contributed by atoms with E-state index in [2.05, 4.69) is 4.72 Å². The second-order valence-corrected chi connectivity index (χ2v) is 5.94. The standard InChI is InChI=1S/C12H20N2O3S/c1-2-18(16,17)13-8-9-14(10-11-15)12-6-4-3-5-7-12/h3-7,13,15H,2,8-11H2,1H3. The molecule has 2 N–H and O–H groups in total. The number of benzene rings is 1. The van der Waals surface area contributed by atoms with Crippen molar-refractivity contribution in [1.82, 2.24) is 4.72 Å². The van der Waals surface area contributed by atoms with Gasteiger partial charge >= 0.3 is 0 Å². The van der Waals surface area contributed by atoms with Crippen LogP contribution in [0.3, 0.4) is 0 Å². The van der Waals surface area contributed by atoms with Crippen LogP contribution in [-0.2, 0) is 10.0 Å². The molecule has 1 aromatic carbocycles. The van der Waals surface area contributed by atoms with Crippen LogP contribution in [0.25, 0.3) is 0 Å². The molecule has 0 aliphatic carbocycles. The van der Waals surface area contributed by atoms with Crippen molar-refractivity contribution >= 4 is 15.7 Å². The lowest BCUT2D eigenvalue weighted by Gasteiger charge is -2.23. The maximum absolute atomic E-state index is 11.3. The Bertz CT molecular complexity index is 434. The first kappa shape index (κ1) is 14.9. The maximum atomic E-state index is 11.3. The molecule has 0 saturated carbocycles. The highest BCUT2D eigenvalue weighted by atomic mass is 32.2. The molecule has 0 heterocycles. The lowest BCUT2D eigenvalue weighted by atomic mass is 10.3. The van der Waals surface area contributed by atoms with Crippen molar-refractivity contribution < 1.29 is 13.5 Å². The molecule has 102 valence electrons. The fourth-order valence-corrected chi connectivity index (χ4v) is 2.17. The van der Waals surface area contributed by atoms with Gasteiger partial charge in [-0.15, -0.1) is 0 Å². The topological polar surface area (TPSA) is 69.6 Å². The van der Waals surface area contributed by atoms with Crippen molar-refractivity contribution in [3.05, 3.63) is 30.3 Å². The van der Waals surface area contributed by atoms with Crippen molar-refractivity contribution in [2.24, 2.45) is 0 Å². The fourth-order valence-electron chi connectivity index (χ4n) is 1.57. The largest absolute Gasteiger partial charge is 0.395 e. The number of sulfonamides is 1. The Morgan fingerprint density at radius 3 is 2.44 bits per heavy atom. The molecule has 0 bridgehead atoms. The summed E-state index contributed by atoms with van der Waals surface area (Å²) in [6, 6.07) is 9.61. The van der Waals surface area contributed by atoms with E-state index in [1.807, 2.05) is 35.2 Å². The molecule has 5 nitrogen and oxygen atoms in total. The highest BCUT2D eigenvalue weighted by Crippen LogP contribution is 2.11. The van der Waals surface area contributed by atoms with Gasteiger partial charge < -0.3 is 10.0 Å². The first-order valence-corrected chi connectivity index (χ1v) is 7.62. The molecule has 0 fully saturated rings. The third-order valence-electron chi connectivity index (χ3n) is 2.57. The van der Waals surface area contributed by atoms with Gasteiger partial charge in [-0.2, -0.15) is 0 Å². The number of para-hydroxylation sites is 1. The molecule has 6 heteroatoms. The third-order valence-corrected chi connectivity index (χ3v) is 3.98. The number of nitrogens with one attached hydrogen (secondary N) is 1. The lowest BCUT2D eigenvalue weighted by molar-refractivity contribution is 0.302. The fraction of sp³-hybridized carbons (Fsp3) is 0.500. The van der Waals surface area contributed by atoms with Gasteiger partial charge in [0.2, 0.25) is 10.0 Å². The van der Waals surface area contributed by atoms with E-state index < -0.39 is 10.0 Å². The van der Waals surface area contributed by atoms with Crippen LogP contribution < -0.4 is 9.62 Å². The van der Waals surface area contributed by atoms with Crippen molar-refractivity contribution in [3.63, 3.8) is 0 Å². The van der Waals surface area contributed by atoms with Crippen LogP contribution in [0, 0.1) is 0 Å². The summed E-state index contributed by atoms with van der Waals surface area (Å²) < 4.78 is 25.1. The van der Waals surface area contributed by atoms with Crippen LogP contribution in [-0.4, -0.2) is 45.5 Å². The molecule has 0 spiro atoms. The van der Waals surface area contributed by atoms with Crippen LogP contribution in [0.15, 0.2) is 30.3 Å². The summed E-state index contributed by atoms with van der Waals surface area (Å²) >= 11 is 0. The van der Waals surface area contributed by atoms with Gasteiger partial charge in [-0.05, 0) is 19.1 Å². The number of aliphatic hydroxyl groups excluding tert-OH is 1. The Kier molecular flexibility index (Phi) is 6.11. The Morgan fingerprint density at radius 2 is 1.89 bits per heavy atom. The highest BCUT2D eigenvalue weighted by molar-refractivity contribution is 7.89. The molecule has 0 unspecified atom stereocenters. The highest BCUT2D eigenvalue weighted by Gasteiger charge is 2.08. The number of aliphatic hydroxyl groups is 1. The van der Waals surface area contributed by atoms with E-state index in [0.717, 1.165) is 5.69 Å². The van der Waals surface area contributed by atoms with E-state index >= 15 is 0 Å². The third kappa shape index (κ3) is 5.03. The predicted molar refractivity (Wildman–Crippen MR) is 73.2 cm³/mol. The van der Waals surface area contributed by atoms with Crippen molar-refractivity contribution in [3.8, 4) is 0 Å². The number of nitrogens with zero attached hydrogens (tertiary/aromatic N) is 1. The average molecular weight is 272 g/mol. The molecule has 0 atom stereocenters. The summed E-state index contributed by atoms with van der Waals surface area (Å²) in [7, 11) is -3.15. The summed E-state index contributed by atoms with van der Waals surface area (Å²) in [6.45, 7) is 2.99. The average Bonchev–Trinajstić information content (AvgIpc) is 2.39. The summed E-state index contributed by atoms with van der Waals surface area (Å²) in [5, 5.41) is 9.02. The maximum Gasteiger partial charge on any atom is 0.211 e. The molecule has 1 aromatic rings. The molecular formula is C12H20N2O3S. The molecule has 18 heavy (non-hydrogen) atoms. The number of anilines is 1. The van der Waals surface area contributed by atoms with Crippen LogP contribution in [0.5, 0.6) is 0 Å².